The van der Waals surface area contributed by atoms with Crippen molar-refractivity contribution in [3.05, 3.63) is 62.3 Å². The largest absolute Gasteiger partial charge is 0.487 e. The van der Waals surface area contributed by atoms with Crippen LogP contribution in [0.1, 0.15) is 11.1 Å². The van der Waals surface area contributed by atoms with Crippen LogP contribution < -0.4 is 10.5 Å². The zero-order chi connectivity index (χ0) is 14.5. The van der Waals surface area contributed by atoms with Crippen LogP contribution in [0, 0.1) is 5.82 Å². The molecule has 0 spiro atoms. The molecule has 2 aromatic carbocycles. The Kier molecular flexibility index (Phi) is 5.57. The fourth-order valence-electron chi connectivity index (χ4n) is 1.87. The third-order valence-electron chi connectivity index (χ3n) is 2.84. The van der Waals surface area contributed by atoms with Crippen molar-refractivity contribution in [1.29, 1.82) is 0 Å². The Hall–Kier alpha value is -0.910. The number of nitrogens with two attached hydrogens (primary N) is 1. The molecule has 0 amide bonds. The molecule has 0 heterocycles. The van der Waals surface area contributed by atoms with E-state index in [1.54, 1.807) is 12.1 Å². The first-order valence-corrected chi connectivity index (χ1v) is 7.74. The topological polar surface area (TPSA) is 35.2 Å². The molecule has 0 aliphatic heterocycles. The molecule has 5 heteroatoms. The van der Waals surface area contributed by atoms with Crippen LogP contribution in [0.2, 0.25) is 0 Å². The number of rotatable bonds is 5. The lowest BCUT2D eigenvalue weighted by Crippen LogP contribution is -2.06. The molecular weight excluding hydrogens is 389 g/mol. The number of halogens is 3. The lowest BCUT2D eigenvalue weighted by atomic mass is 10.1. The molecule has 106 valence electrons. The van der Waals surface area contributed by atoms with Crippen molar-refractivity contribution < 1.29 is 9.13 Å². The van der Waals surface area contributed by atoms with E-state index in [4.69, 9.17) is 10.5 Å². The van der Waals surface area contributed by atoms with Gasteiger partial charge in [-0.2, -0.15) is 0 Å². The monoisotopic (exact) mass is 401 g/mol. The second-order valence-corrected chi connectivity index (χ2v) is 6.06. The van der Waals surface area contributed by atoms with Gasteiger partial charge in [-0.3, -0.25) is 0 Å². The molecule has 0 bridgehead atoms. The molecule has 0 atom stereocenters. The van der Waals surface area contributed by atoms with Crippen LogP contribution in [0.3, 0.4) is 0 Å². The first-order valence-electron chi connectivity index (χ1n) is 6.16. The van der Waals surface area contributed by atoms with Crippen LogP contribution in [0.4, 0.5) is 4.39 Å². The summed E-state index contributed by atoms with van der Waals surface area (Å²) >= 11 is 6.78. The van der Waals surface area contributed by atoms with Crippen molar-refractivity contribution in [3.8, 4) is 5.75 Å². The van der Waals surface area contributed by atoms with Gasteiger partial charge in [0.25, 0.3) is 0 Å². The van der Waals surface area contributed by atoms with Crippen LogP contribution >= 0.6 is 31.9 Å². The highest BCUT2D eigenvalue weighted by atomic mass is 79.9. The smallest absolute Gasteiger partial charge is 0.137 e. The zero-order valence-electron chi connectivity index (χ0n) is 10.7. The van der Waals surface area contributed by atoms with Crippen LogP contribution in [-0.2, 0) is 13.0 Å². The highest BCUT2D eigenvalue weighted by Crippen LogP contribution is 2.30. The molecule has 0 aliphatic carbocycles. The highest BCUT2D eigenvalue weighted by Gasteiger charge is 2.10. The van der Waals surface area contributed by atoms with E-state index in [1.165, 1.54) is 6.07 Å². The summed E-state index contributed by atoms with van der Waals surface area (Å²) in [5, 5.41) is 0. The summed E-state index contributed by atoms with van der Waals surface area (Å²) in [7, 11) is 0. The molecule has 2 rings (SSSR count). The summed E-state index contributed by atoms with van der Waals surface area (Å²) in [5.41, 5.74) is 7.11. The van der Waals surface area contributed by atoms with Gasteiger partial charge in [-0.1, -0.05) is 28.1 Å². The van der Waals surface area contributed by atoms with Gasteiger partial charge in [0.1, 0.15) is 18.2 Å². The maximum absolute atomic E-state index is 13.7. The molecule has 0 aromatic heterocycles. The van der Waals surface area contributed by atoms with E-state index in [2.05, 4.69) is 31.9 Å². The summed E-state index contributed by atoms with van der Waals surface area (Å²) in [6.07, 6.45) is 0.718. The van der Waals surface area contributed by atoms with Gasteiger partial charge in [-0.05, 0) is 58.7 Å². The number of hydrogen-bond acceptors (Lipinski definition) is 2. The molecule has 2 N–H and O–H groups in total. The molecule has 0 fully saturated rings. The van der Waals surface area contributed by atoms with E-state index in [0.717, 1.165) is 26.7 Å². The standard InChI is InChI=1S/C15H14Br2FNO/c16-12-4-5-14(18)11(8-12)9-20-15-10(6-7-19)2-1-3-13(15)17/h1-5,8H,6-7,9,19H2. The Labute approximate surface area is 134 Å². The van der Waals surface area contributed by atoms with Gasteiger partial charge in [-0.15, -0.1) is 0 Å². The average Bonchev–Trinajstić information content (AvgIpc) is 2.42. The summed E-state index contributed by atoms with van der Waals surface area (Å²) in [6.45, 7) is 0.712. The van der Waals surface area contributed by atoms with Crippen molar-refractivity contribution in [2.24, 2.45) is 5.73 Å². The first kappa shape index (κ1) is 15.5. The summed E-state index contributed by atoms with van der Waals surface area (Å²) in [5.74, 6) is 0.443. The van der Waals surface area contributed by atoms with Gasteiger partial charge < -0.3 is 10.5 Å². The van der Waals surface area contributed by atoms with Crippen LogP contribution in [0.15, 0.2) is 45.3 Å². The Morgan fingerprint density at radius 2 is 1.90 bits per heavy atom. The molecule has 0 saturated carbocycles. The van der Waals surface area contributed by atoms with E-state index >= 15 is 0 Å². The van der Waals surface area contributed by atoms with Gasteiger partial charge in [0, 0.05) is 10.0 Å². The predicted octanol–water partition coefficient (Wildman–Crippen LogP) is 4.43. The summed E-state index contributed by atoms with van der Waals surface area (Å²) in [4.78, 5) is 0. The Balaban J connectivity index is 2.20. The van der Waals surface area contributed by atoms with E-state index in [9.17, 15) is 4.39 Å². The van der Waals surface area contributed by atoms with Crippen molar-refractivity contribution >= 4 is 31.9 Å². The fourth-order valence-corrected chi connectivity index (χ4v) is 2.80. The minimum absolute atomic E-state index is 0.172. The lowest BCUT2D eigenvalue weighted by Gasteiger charge is -2.13. The number of hydrogen-bond donors (Lipinski definition) is 1. The SMILES string of the molecule is NCCc1cccc(Br)c1OCc1cc(Br)ccc1F. The molecule has 0 saturated heterocycles. The highest BCUT2D eigenvalue weighted by molar-refractivity contribution is 9.10. The van der Waals surface area contributed by atoms with Crippen molar-refractivity contribution in [1.82, 2.24) is 0 Å². The van der Waals surface area contributed by atoms with E-state index < -0.39 is 0 Å². The molecular formula is C15H14Br2FNO. The second-order valence-electron chi connectivity index (χ2n) is 4.29. The zero-order valence-corrected chi connectivity index (χ0v) is 13.9. The minimum Gasteiger partial charge on any atom is -0.487 e. The van der Waals surface area contributed by atoms with Crippen molar-refractivity contribution in [2.75, 3.05) is 6.54 Å². The maximum atomic E-state index is 13.7. The quantitative estimate of drug-likeness (QED) is 0.802. The molecule has 0 aliphatic rings. The molecule has 0 radical (unpaired) electrons. The average molecular weight is 403 g/mol. The fraction of sp³-hybridized carbons (Fsp3) is 0.200. The van der Waals surface area contributed by atoms with Gasteiger partial charge in [0.15, 0.2) is 0 Å². The molecule has 2 aromatic rings. The summed E-state index contributed by atoms with van der Waals surface area (Å²) in [6, 6.07) is 10.6. The Bertz CT molecular complexity index is 604. The van der Waals surface area contributed by atoms with Crippen molar-refractivity contribution in [2.45, 2.75) is 13.0 Å². The first-order chi connectivity index (χ1) is 9.61. The summed E-state index contributed by atoms with van der Waals surface area (Å²) < 4.78 is 21.1. The van der Waals surface area contributed by atoms with Gasteiger partial charge in [0.2, 0.25) is 0 Å². The molecule has 0 unspecified atom stereocenters. The third kappa shape index (κ3) is 3.81. The predicted molar refractivity (Wildman–Crippen MR) is 85.3 cm³/mol. The van der Waals surface area contributed by atoms with Gasteiger partial charge >= 0.3 is 0 Å². The molecule has 20 heavy (non-hydrogen) atoms. The van der Waals surface area contributed by atoms with Crippen LogP contribution in [-0.4, -0.2) is 6.54 Å². The molecule has 2 nitrogen and oxygen atoms in total. The van der Waals surface area contributed by atoms with Crippen LogP contribution in [0.25, 0.3) is 0 Å². The Morgan fingerprint density at radius 1 is 1.10 bits per heavy atom. The number of benzene rings is 2. The van der Waals surface area contributed by atoms with E-state index in [1.807, 2.05) is 18.2 Å². The Morgan fingerprint density at radius 3 is 2.65 bits per heavy atom. The minimum atomic E-state index is -0.277. The maximum Gasteiger partial charge on any atom is 0.137 e. The number of para-hydroxylation sites is 1. The van der Waals surface area contributed by atoms with Crippen molar-refractivity contribution in [3.63, 3.8) is 0 Å². The van der Waals surface area contributed by atoms with E-state index in [0.29, 0.717) is 12.1 Å². The lowest BCUT2D eigenvalue weighted by molar-refractivity contribution is 0.295. The normalized spacial score (nSPS) is 10.6. The third-order valence-corrected chi connectivity index (χ3v) is 3.96. The van der Waals surface area contributed by atoms with E-state index in [-0.39, 0.29) is 12.4 Å². The van der Waals surface area contributed by atoms with Crippen LogP contribution in [0.5, 0.6) is 5.75 Å². The van der Waals surface area contributed by atoms with Gasteiger partial charge in [-0.25, -0.2) is 4.39 Å². The number of ether oxygens (including phenoxy) is 1. The van der Waals surface area contributed by atoms with Gasteiger partial charge in [0.05, 0.1) is 4.47 Å². The second kappa shape index (κ2) is 7.20.